The third kappa shape index (κ3) is 3.44. The van der Waals surface area contributed by atoms with Crippen LogP contribution in [-0.4, -0.2) is 25.0 Å². The second kappa shape index (κ2) is 6.38. The van der Waals surface area contributed by atoms with Crippen molar-refractivity contribution < 1.29 is 4.79 Å². The lowest BCUT2D eigenvalue weighted by atomic mass is 9.95. The second-order valence-electron chi connectivity index (χ2n) is 4.48. The fraction of sp³-hybridized carbons (Fsp3) is 0.583. The van der Waals surface area contributed by atoms with Crippen molar-refractivity contribution in [3.63, 3.8) is 0 Å². The molecule has 0 aromatic carbocycles. The molecule has 2 heterocycles. The summed E-state index contributed by atoms with van der Waals surface area (Å²) in [7, 11) is 0. The van der Waals surface area contributed by atoms with E-state index in [1.54, 1.807) is 0 Å². The number of nitrogens with one attached hydrogen (secondary N) is 2. The molecule has 3 nitrogen and oxygen atoms in total. The van der Waals surface area contributed by atoms with Crippen LogP contribution < -0.4 is 10.6 Å². The van der Waals surface area contributed by atoms with E-state index >= 15 is 0 Å². The topological polar surface area (TPSA) is 41.1 Å². The van der Waals surface area contributed by atoms with Crippen LogP contribution in [-0.2, 0) is 0 Å². The summed E-state index contributed by atoms with van der Waals surface area (Å²) in [6.45, 7) is 6.16. The lowest BCUT2D eigenvalue weighted by Gasteiger charge is -2.30. The maximum atomic E-state index is 12.0. The van der Waals surface area contributed by atoms with E-state index in [0.717, 1.165) is 30.0 Å². The molecule has 1 aromatic rings. The van der Waals surface area contributed by atoms with Crippen LogP contribution in [0.2, 0.25) is 0 Å². The summed E-state index contributed by atoms with van der Waals surface area (Å²) < 4.78 is 0. The molecular weight excluding hydrogens is 256 g/mol. The Morgan fingerprint density at radius 3 is 2.94 bits per heavy atom. The van der Waals surface area contributed by atoms with Crippen LogP contribution >= 0.6 is 23.7 Å². The molecule has 0 aliphatic carbocycles. The molecule has 1 aromatic heterocycles. The summed E-state index contributed by atoms with van der Waals surface area (Å²) in [5.74, 6) is 0.601. The van der Waals surface area contributed by atoms with Crippen molar-refractivity contribution >= 4 is 29.7 Å². The zero-order valence-electron chi connectivity index (χ0n) is 10.2. The Morgan fingerprint density at radius 1 is 1.59 bits per heavy atom. The van der Waals surface area contributed by atoms with Crippen LogP contribution in [0.5, 0.6) is 0 Å². The number of halogens is 1. The van der Waals surface area contributed by atoms with E-state index in [1.165, 1.54) is 11.3 Å². The predicted molar refractivity (Wildman–Crippen MR) is 74.2 cm³/mol. The van der Waals surface area contributed by atoms with Crippen LogP contribution in [0.15, 0.2) is 11.4 Å². The highest BCUT2D eigenvalue weighted by atomic mass is 35.5. The van der Waals surface area contributed by atoms with Gasteiger partial charge in [0.15, 0.2) is 0 Å². The molecule has 0 saturated carbocycles. The minimum absolute atomic E-state index is 0. The molecule has 2 rings (SSSR count). The number of carbonyl (C=O) groups is 1. The van der Waals surface area contributed by atoms with Gasteiger partial charge in [-0.05, 0) is 49.4 Å². The van der Waals surface area contributed by atoms with Crippen molar-refractivity contribution in [2.75, 3.05) is 13.1 Å². The maximum Gasteiger partial charge on any atom is 0.261 e. The fourth-order valence-electron chi connectivity index (χ4n) is 2.07. The minimum atomic E-state index is 0. The summed E-state index contributed by atoms with van der Waals surface area (Å²) in [4.78, 5) is 12.9. The van der Waals surface area contributed by atoms with Gasteiger partial charge in [0.25, 0.3) is 5.91 Å². The first-order valence-electron chi connectivity index (χ1n) is 5.74. The Kier molecular flexibility index (Phi) is 5.43. The summed E-state index contributed by atoms with van der Waals surface area (Å²) in [5.41, 5.74) is 1.07. The van der Waals surface area contributed by atoms with Crippen molar-refractivity contribution in [2.24, 2.45) is 5.92 Å². The molecule has 5 heteroatoms. The Balaban J connectivity index is 0.00000144. The van der Waals surface area contributed by atoms with Crippen LogP contribution in [0.4, 0.5) is 0 Å². The highest BCUT2D eigenvalue weighted by Crippen LogP contribution is 2.17. The number of piperidine rings is 1. The van der Waals surface area contributed by atoms with Gasteiger partial charge in [0.2, 0.25) is 0 Å². The van der Waals surface area contributed by atoms with Crippen LogP contribution in [0.25, 0.3) is 0 Å². The largest absolute Gasteiger partial charge is 0.348 e. The number of aryl methyl sites for hydroxylation is 1. The van der Waals surface area contributed by atoms with E-state index in [1.807, 2.05) is 18.4 Å². The van der Waals surface area contributed by atoms with Gasteiger partial charge >= 0.3 is 0 Å². The van der Waals surface area contributed by atoms with E-state index in [9.17, 15) is 4.79 Å². The standard InChI is InChI=1S/C12H18N2OS.ClH/c1-8-4-6-16-11(8)12(15)14-10-3-5-13-7-9(10)2;/h4,6,9-10,13H,3,5,7H2,1-2H3,(H,14,15);1H. The van der Waals surface area contributed by atoms with Crippen LogP contribution in [0, 0.1) is 12.8 Å². The molecule has 1 aliphatic heterocycles. The molecule has 96 valence electrons. The van der Waals surface area contributed by atoms with Gasteiger partial charge in [-0.15, -0.1) is 23.7 Å². The SMILES string of the molecule is Cc1ccsc1C(=O)NC1CCNCC1C.Cl. The van der Waals surface area contributed by atoms with Gasteiger partial charge in [-0.3, -0.25) is 4.79 Å². The molecule has 0 bridgehead atoms. The number of carbonyl (C=O) groups excluding carboxylic acids is 1. The van der Waals surface area contributed by atoms with E-state index < -0.39 is 0 Å². The molecular formula is C12H19ClN2OS. The first-order chi connectivity index (χ1) is 7.68. The number of hydrogen-bond donors (Lipinski definition) is 2. The van der Waals surface area contributed by atoms with Gasteiger partial charge in [0.05, 0.1) is 4.88 Å². The summed E-state index contributed by atoms with van der Waals surface area (Å²) >= 11 is 1.52. The predicted octanol–water partition coefficient (Wildman–Crippen LogP) is 2.21. The monoisotopic (exact) mass is 274 g/mol. The molecule has 1 aliphatic rings. The van der Waals surface area contributed by atoms with Gasteiger partial charge in [-0.2, -0.15) is 0 Å². The average molecular weight is 275 g/mol. The van der Waals surface area contributed by atoms with Crippen molar-refractivity contribution in [2.45, 2.75) is 26.3 Å². The Labute approximate surface area is 112 Å². The van der Waals surface area contributed by atoms with E-state index in [-0.39, 0.29) is 18.3 Å². The molecule has 0 radical (unpaired) electrons. The molecule has 1 amide bonds. The second-order valence-corrected chi connectivity index (χ2v) is 5.40. The van der Waals surface area contributed by atoms with Gasteiger partial charge < -0.3 is 10.6 Å². The molecule has 1 saturated heterocycles. The van der Waals surface area contributed by atoms with E-state index in [2.05, 4.69) is 17.6 Å². The van der Waals surface area contributed by atoms with Gasteiger partial charge in [0.1, 0.15) is 0 Å². The first kappa shape index (κ1) is 14.5. The number of amides is 1. The molecule has 2 atom stereocenters. The molecule has 17 heavy (non-hydrogen) atoms. The summed E-state index contributed by atoms with van der Waals surface area (Å²) in [5, 5.41) is 8.45. The maximum absolute atomic E-state index is 12.0. The van der Waals surface area contributed by atoms with Crippen molar-refractivity contribution in [3.05, 3.63) is 21.9 Å². The molecule has 0 spiro atoms. The third-order valence-corrected chi connectivity index (χ3v) is 4.19. The van der Waals surface area contributed by atoms with E-state index in [4.69, 9.17) is 0 Å². The fourth-order valence-corrected chi connectivity index (χ4v) is 2.90. The van der Waals surface area contributed by atoms with Crippen molar-refractivity contribution in [1.29, 1.82) is 0 Å². The first-order valence-corrected chi connectivity index (χ1v) is 6.62. The highest BCUT2D eigenvalue weighted by Gasteiger charge is 2.23. The Bertz CT molecular complexity index is 380. The van der Waals surface area contributed by atoms with Crippen LogP contribution in [0.1, 0.15) is 28.6 Å². The average Bonchev–Trinajstić information content (AvgIpc) is 2.68. The Hall–Kier alpha value is -0.580. The smallest absolute Gasteiger partial charge is 0.261 e. The molecule has 2 N–H and O–H groups in total. The van der Waals surface area contributed by atoms with Gasteiger partial charge in [0, 0.05) is 6.04 Å². The Morgan fingerprint density at radius 2 is 2.35 bits per heavy atom. The normalized spacial score (nSPS) is 23.9. The lowest BCUT2D eigenvalue weighted by Crippen LogP contribution is -2.48. The van der Waals surface area contributed by atoms with Crippen LogP contribution in [0.3, 0.4) is 0 Å². The van der Waals surface area contributed by atoms with E-state index in [0.29, 0.717) is 12.0 Å². The summed E-state index contributed by atoms with van der Waals surface area (Å²) in [6, 6.07) is 2.31. The zero-order chi connectivity index (χ0) is 11.5. The molecule has 1 fully saturated rings. The minimum Gasteiger partial charge on any atom is -0.348 e. The highest BCUT2D eigenvalue weighted by molar-refractivity contribution is 7.12. The van der Waals surface area contributed by atoms with Crippen molar-refractivity contribution in [1.82, 2.24) is 10.6 Å². The number of thiophene rings is 1. The van der Waals surface area contributed by atoms with Gasteiger partial charge in [-0.25, -0.2) is 0 Å². The van der Waals surface area contributed by atoms with Gasteiger partial charge in [-0.1, -0.05) is 6.92 Å². The van der Waals surface area contributed by atoms with Crippen molar-refractivity contribution in [3.8, 4) is 0 Å². The number of hydrogen-bond acceptors (Lipinski definition) is 3. The third-order valence-electron chi connectivity index (χ3n) is 3.17. The summed E-state index contributed by atoms with van der Waals surface area (Å²) in [6.07, 6.45) is 1.03. The lowest BCUT2D eigenvalue weighted by molar-refractivity contribution is 0.0918. The number of rotatable bonds is 2. The molecule has 2 unspecified atom stereocenters. The quantitative estimate of drug-likeness (QED) is 0.868. The zero-order valence-corrected chi connectivity index (χ0v) is 11.8.